The van der Waals surface area contributed by atoms with Crippen LogP contribution in [0.3, 0.4) is 0 Å². The van der Waals surface area contributed by atoms with Crippen molar-refractivity contribution >= 4 is 5.91 Å². The monoisotopic (exact) mass is 324 g/mol. The minimum atomic E-state index is -0.667. The van der Waals surface area contributed by atoms with E-state index in [1.807, 2.05) is 6.07 Å². The van der Waals surface area contributed by atoms with Crippen molar-refractivity contribution < 1.29 is 9.18 Å². The highest BCUT2D eigenvalue weighted by molar-refractivity contribution is 5.91. The topological polar surface area (TPSA) is 41.1 Å². The summed E-state index contributed by atoms with van der Waals surface area (Å²) >= 11 is 0. The molecule has 2 aromatic carbocycles. The van der Waals surface area contributed by atoms with Crippen molar-refractivity contribution in [2.75, 3.05) is 13.1 Å². The first-order chi connectivity index (χ1) is 11.7. The highest BCUT2D eigenvalue weighted by atomic mass is 19.1. The third kappa shape index (κ3) is 2.61. The maximum atomic E-state index is 14.1. The van der Waals surface area contributed by atoms with E-state index in [9.17, 15) is 9.18 Å². The Bertz CT molecular complexity index is 770. The summed E-state index contributed by atoms with van der Waals surface area (Å²) in [7, 11) is 0. The van der Waals surface area contributed by atoms with Crippen LogP contribution in [0.1, 0.15) is 35.6 Å². The van der Waals surface area contributed by atoms with Gasteiger partial charge in [0.05, 0.1) is 5.41 Å². The average molecular weight is 324 g/mol. The van der Waals surface area contributed by atoms with E-state index in [1.165, 1.54) is 17.2 Å². The first kappa shape index (κ1) is 15.3. The molecule has 0 bridgehead atoms. The predicted molar refractivity (Wildman–Crippen MR) is 91.2 cm³/mol. The molecule has 3 nitrogen and oxygen atoms in total. The Labute approximate surface area is 141 Å². The van der Waals surface area contributed by atoms with Crippen LogP contribution in [0.5, 0.6) is 0 Å². The lowest BCUT2D eigenvalue weighted by atomic mass is 9.92. The SMILES string of the molecule is O=C(NCC1NCCc2ccccc21)C1(c2ccccc2F)CC1. The molecule has 1 aliphatic carbocycles. The van der Waals surface area contributed by atoms with Crippen molar-refractivity contribution in [3.63, 3.8) is 0 Å². The lowest BCUT2D eigenvalue weighted by Gasteiger charge is -2.28. The fourth-order valence-corrected chi connectivity index (χ4v) is 3.73. The van der Waals surface area contributed by atoms with E-state index < -0.39 is 5.41 Å². The van der Waals surface area contributed by atoms with Gasteiger partial charge in [-0.15, -0.1) is 0 Å². The van der Waals surface area contributed by atoms with E-state index in [4.69, 9.17) is 0 Å². The van der Waals surface area contributed by atoms with Gasteiger partial charge in [-0.2, -0.15) is 0 Å². The van der Waals surface area contributed by atoms with E-state index in [1.54, 1.807) is 18.2 Å². The second kappa shape index (κ2) is 6.02. The van der Waals surface area contributed by atoms with Gasteiger partial charge in [0, 0.05) is 18.2 Å². The lowest BCUT2D eigenvalue weighted by Crippen LogP contribution is -2.42. The minimum absolute atomic E-state index is 0.0579. The maximum Gasteiger partial charge on any atom is 0.230 e. The van der Waals surface area contributed by atoms with Crippen molar-refractivity contribution in [2.45, 2.75) is 30.7 Å². The third-order valence-electron chi connectivity index (χ3n) is 5.26. The molecule has 1 aliphatic heterocycles. The molecule has 1 atom stereocenters. The van der Waals surface area contributed by atoms with Crippen LogP contribution in [-0.4, -0.2) is 19.0 Å². The molecule has 24 heavy (non-hydrogen) atoms. The summed E-state index contributed by atoms with van der Waals surface area (Å²) in [6.45, 7) is 1.45. The molecule has 0 aromatic heterocycles. The summed E-state index contributed by atoms with van der Waals surface area (Å²) in [5.74, 6) is -0.344. The van der Waals surface area contributed by atoms with E-state index in [-0.39, 0.29) is 17.8 Å². The molecule has 0 saturated heterocycles. The van der Waals surface area contributed by atoms with Crippen molar-refractivity contribution in [1.29, 1.82) is 0 Å². The number of fused-ring (bicyclic) bond motifs is 1. The van der Waals surface area contributed by atoms with Crippen molar-refractivity contribution in [3.8, 4) is 0 Å². The molecule has 2 aromatic rings. The highest BCUT2D eigenvalue weighted by Crippen LogP contribution is 2.49. The van der Waals surface area contributed by atoms with E-state index >= 15 is 0 Å². The molecule has 0 spiro atoms. The van der Waals surface area contributed by atoms with Gasteiger partial charge in [0.1, 0.15) is 5.82 Å². The summed E-state index contributed by atoms with van der Waals surface area (Å²) in [4.78, 5) is 12.7. The summed E-state index contributed by atoms with van der Waals surface area (Å²) in [6, 6.07) is 15.1. The number of rotatable bonds is 4. The molecule has 1 amide bonds. The quantitative estimate of drug-likeness (QED) is 0.908. The van der Waals surface area contributed by atoms with Gasteiger partial charge in [-0.05, 0) is 43.0 Å². The second-order valence-corrected chi connectivity index (χ2v) is 6.73. The van der Waals surface area contributed by atoms with E-state index in [2.05, 4.69) is 28.8 Å². The predicted octanol–water partition coefficient (Wildman–Crippen LogP) is 2.86. The summed E-state index contributed by atoms with van der Waals surface area (Å²) in [6.07, 6.45) is 2.45. The number of amides is 1. The Kier molecular flexibility index (Phi) is 3.85. The Morgan fingerprint density at radius 2 is 1.92 bits per heavy atom. The molecular weight excluding hydrogens is 303 g/mol. The number of hydrogen-bond donors (Lipinski definition) is 2. The molecule has 1 saturated carbocycles. The molecule has 0 radical (unpaired) electrons. The highest BCUT2D eigenvalue weighted by Gasteiger charge is 2.52. The van der Waals surface area contributed by atoms with Gasteiger partial charge in [-0.25, -0.2) is 4.39 Å². The van der Waals surface area contributed by atoms with Crippen molar-refractivity contribution in [2.24, 2.45) is 0 Å². The third-order valence-corrected chi connectivity index (χ3v) is 5.26. The zero-order valence-corrected chi connectivity index (χ0v) is 13.5. The Balaban J connectivity index is 1.48. The average Bonchev–Trinajstić information content (AvgIpc) is 3.42. The molecule has 4 rings (SSSR count). The number of carbonyl (C=O) groups is 1. The summed E-state index contributed by atoms with van der Waals surface area (Å²) in [5.41, 5.74) is 2.45. The molecule has 124 valence electrons. The van der Waals surface area contributed by atoms with Crippen molar-refractivity contribution in [1.82, 2.24) is 10.6 Å². The van der Waals surface area contributed by atoms with Gasteiger partial charge in [0.2, 0.25) is 5.91 Å². The van der Waals surface area contributed by atoms with Crippen LogP contribution >= 0.6 is 0 Å². The van der Waals surface area contributed by atoms with Crippen LogP contribution < -0.4 is 10.6 Å². The minimum Gasteiger partial charge on any atom is -0.353 e. The standard InChI is InChI=1S/C20H21FN2O/c21-17-8-4-3-7-16(17)20(10-11-20)19(24)23-13-18-15-6-2-1-5-14(15)9-12-22-18/h1-8,18,22H,9-13H2,(H,23,24). The molecule has 2 aliphatic rings. The summed E-state index contributed by atoms with van der Waals surface area (Å²) in [5, 5.41) is 6.52. The van der Waals surface area contributed by atoms with Crippen molar-refractivity contribution in [3.05, 3.63) is 71.0 Å². The smallest absolute Gasteiger partial charge is 0.230 e. The molecule has 1 heterocycles. The maximum absolute atomic E-state index is 14.1. The van der Waals surface area contributed by atoms with Gasteiger partial charge >= 0.3 is 0 Å². The van der Waals surface area contributed by atoms with Gasteiger partial charge in [0.25, 0.3) is 0 Å². The zero-order chi connectivity index (χ0) is 16.6. The fraction of sp³-hybridized carbons (Fsp3) is 0.350. The van der Waals surface area contributed by atoms with Gasteiger partial charge in [-0.3, -0.25) is 4.79 Å². The number of hydrogen-bond acceptors (Lipinski definition) is 2. The van der Waals surface area contributed by atoms with Crippen LogP contribution in [0.4, 0.5) is 4.39 Å². The van der Waals surface area contributed by atoms with Crippen LogP contribution in [0.25, 0.3) is 0 Å². The normalized spacial score (nSPS) is 21.0. The number of carbonyl (C=O) groups excluding carboxylic acids is 1. The molecule has 4 heteroatoms. The number of nitrogens with one attached hydrogen (secondary N) is 2. The lowest BCUT2D eigenvalue weighted by molar-refractivity contribution is -0.123. The first-order valence-electron chi connectivity index (χ1n) is 8.55. The first-order valence-corrected chi connectivity index (χ1v) is 8.55. The zero-order valence-electron chi connectivity index (χ0n) is 13.5. The number of halogens is 1. The Morgan fingerprint density at radius 3 is 2.71 bits per heavy atom. The molecule has 2 N–H and O–H groups in total. The van der Waals surface area contributed by atoms with Crippen LogP contribution in [-0.2, 0) is 16.6 Å². The molecule has 1 fully saturated rings. The Morgan fingerprint density at radius 1 is 1.17 bits per heavy atom. The van der Waals surface area contributed by atoms with Gasteiger partial charge in [-0.1, -0.05) is 42.5 Å². The van der Waals surface area contributed by atoms with E-state index in [0.29, 0.717) is 24.9 Å². The van der Waals surface area contributed by atoms with E-state index in [0.717, 1.165) is 13.0 Å². The van der Waals surface area contributed by atoms with Crippen LogP contribution in [0.2, 0.25) is 0 Å². The van der Waals surface area contributed by atoms with Crippen LogP contribution in [0, 0.1) is 5.82 Å². The molecule has 1 unspecified atom stereocenters. The summed E-state index contributed by atoms with van der Waals surface area (Å²) < 4.78 is 14.1. The van der Waals surface area contributed by atoms with Gasteiger partial charge < -0.3 is 10.6 Å². The van der Waals surface area contributed by atoms with Crippen LogP contribution in [0.15, 0.2) is 48.5 Å². The number of benzene rings is 2. The Hall–Kier alpha value is -2.20. The van der Waals surface area contributed by atoms with Gasteiger partial charge in [0.15, 0.2) is 0 Å². The molecular formula is C20H21FN2O. The second-order valence-electron chi connectivity index (χ2n) is 6.73. The largest absolute Gasteiger partial charge is 0.353 e. The fourth-order valence-electron chi connectivity index (χ4n) is 3.73.